The van der Waals surface area contributed by atoms with E-state index < -0.39 is 0 Å². The first-order valence-electron chi connectivity index (χ1n) is 10.6. The Kier molecular flexibility index (Phi) is 5.99. The highest BCUT2D eigenvalue weighted by Gasteiger charge is 2.21. The summed E-state index contributed by atoms with van der Waals surface area (Å²) in [6, 6.07) is 20.1. The zero-order chi connectivity index (χ0) is 21.8. The van der Waals surface area contributed by atoms with Gasteiger partial charge in [0.1, 0.15) is 0 Å². The average molecular weight is 411 g/mol. The first-order valence-corrected chi connectivity index (χ1v) is 10.6. The van der Waals surface area contributed by atoms with Crippen molar-refractivity contribution in [1.82, 2.24) is 4.57 Å². The van der Waals surface area contributed by atoms with Crippen molar-refractivity contribution in [2.75, 3.05) is 0 Å². The first-order chi connectivity index (χ1) is 15.1. The zero-order valence-electron chi connectivity index (χ0n) is 17.7. The van der Waals surface area contributed by atoms with E-state index in [0.717, 1.165) is 25.0 Å². The van der Waals surface area contributed by atoms with Gasteiger partial charge in [-0.1, -0.05) is 60.7 Å². The molecule has 0 fully saturated rings. The molecule has 1 aliphatic carbocycles. The molecule has 0 amide bonds. The van der Waals surface area contributed by atoms with Crippen LogP contribution in [-0.2, 0) is 19.9 Å². The van der Waals surface area contributed by atoms with Crippen LogP contribution in [0.1, 0.15) is 50.5 Å². The van der Waals surface area contributed by atoms with Crippen molar-refractivity contribution in [2.45, 2.75) is 25.7 Å². The summed E-state index contributed by atoms with van der Waals surface area (Å²) in [5, 5.41) is 0. The Morgan fingerprint density at radius 3 is 2.13 bits per heavy atom. The smallest absolute Gasteiger partial charge is 0.195 e. The van der Waals surface area contributed by atoms with E-state index in [1.807, 2.05) is 43.4 Å². The average Bonchev–Trinajstić information content (AvgIpc) is 3.16. The van der Waals surface area contributed by atoms with Gasteiger partial charge in [0.05, 0.1) is 11.4 Å². The number of ketones is 2. The highest BCUT2D eigenvalue weighted by atomic mass is 16.1. The number of hydrogen-bond donors (Lipinski definition) is 1. The molecular weight excluding hydrogens is 384 g/mol. The lowest BCUT2D eigenvalue weighted by atomic mass is 9.97. The molecule has 0 bridgehead atoms. The van der Waals surface area contributed by atoms with Gasteiger partial charge in [-0.2, -0.15) is 0 Å². The van der Waals surface area contributed by atoms with E-state index in [1.165, 1.54) is 23.8 Å². The maximum absolute atomic E-state index is 13.4. The lowest BCUT2D eigenvalue weighted by molar-refractivity contribution is 0.103. The van der Waals surface area contributed by atoms with Gasteiger partial charge in [-0.25, -0.2) is 0 Å². The third-order valence-electron chi connectivity index (χ3n) is 5.86. The summed E-state index contributed by atoms with van der Waals surface area (Å²) in [6.45, 7) is 0. The molecule has 3 aromatic rings. The first kappa shape index (κ1) is 20.6. The van der Waals surface area contributed by atoms with Gasteiger partial charge in [-0.05, 0) is 49.5 Å². The monoisotopic (exact) mass is 410 g/mol. The maximum Gasteiger partial charge on any atom is 0.195 e. The minimum atomic E-state index is -0.200. The normalized spacial score (nSPS) is 14.2. The van der Waals surface area contributed by atoms with Crippen LogP contribution in [0.2, 0.25) is 0 Å². The Hall–Kier alpha value is -3.66. The fourth-order valence-corrected chi connectivity index (χ4v) is 4.15. The van der Waals surface area contributed by atoms with E-state index in [2.05, 4.69) is 10.6 Å². The van der Waals surface area contributed by atoms with Gasteiger partial charge in [-0.15, -0.1) is 0 Å². The van der Waals surface area contributed by atoms with Crippen molar-refractivity contribution in [3.63, 3.8) is 0 Å². The lowest BCUT2D eigenvalue weighted by Gasteiger charge is -2.14. The van der Waals surface area contributed by atoms with Crippen LogP contribution >= 0.6 is 0 Å². The Bertz CT molecular complexity index is 1170. The minimum absolute atomic E-state index is 0.169. The summed E-state index contributed by atoms with van der Waals surface area (Å²) >= 11 is 0. The van der Waals surface area contributed by atoms with Crippen molar-refractivity contribution in [3.05, 3.63) is 113 Å². The highest BCUT2D eigenvalue weighted by molar-refractivity contribution is 6.16. The molecule has 0 unspecified atom stereocenters. The summed E-state index contributed by atoms with van der Waals surface area (Å²) in [4.78, 5) is 26.0. The molecule has 4 nitrogen and oxygen atoms in total. The van der Waals surface area contributed by atoms with Crippen molar-refractivity contribution < 1.29 is 9.59 Å². The van der Waals surface area contributed by atoms with Crippen LogP contribution in [0.3, 0.4) is 0 Å². The molecule has 0 aliphatic heterocycles. The molecule has 2 N–H and O–H groups in total. The molecular formula is C27H26N2O2. The standard InChI is InChI=1S/C27H26N2O2/c1-29-23-15-9-8-14-21(23)18-24(29)26(28)22(27(31)20-12-6-3-7-13-20)16-17-25(30)19-10-4-2-5-11-19/h2-7,10-13,16-18H,8-9,14-15,28H2,1H3/b17-16+,26-22-. The van der Waals surface area contributed by atoms with Crippen LogP contribution in [0.4, 0.5) is 0 Å². The third kappa shape index (κ3) is 4.29. The number of rotatable bonds is 6. The van der Waals surface area contributed by atoms with Crippen molar-refractivity contribution in [1.29, 1.82) is 0 Å². The number of aromatic nitrogens is 1. The molecule has 0 radical (unpaired) electrons. The number of allylic oxidation sites excluding steroid dienone is 3. The number of carbonyl (C=O) groups is 2. The van der Waals surface area contributed by atoms with E-state index in [0.29, 0.717) is 22.4 Å². The summed E-state index contributed by atoms with van der Waals surface area (Å²) in [7, 11) is 2.00. The summed E-state index contributed by atoms with van der Waals surface area (Å²) in [5.74, 6) is -0.368. The Labute approximate surface area is 182 Å². The van der Waals surface area contributed by atoms with E-state index in [9.17, 15) is 9.59 Å². The van der Waals surface area contributed by atoms with Crippen LogP contribution in [-0.4, -0.2) is 16.1 Å². The van der Waals surface area contributed by atoms with E-state index >= 15 is 0 Å². The quantitative estimate of drug-likeness (QED) is 0.357. The Balaban J connectivity index is 1.78. The fraction of sp³-hybridized carbons (Fsp3) is 0.185. The predicted octanol–water partition coefficient (Wildman–Crippen LogP) is 4.90. The second kappa shape index (κ2) is 9.00. The molecule has 2 aromatic carbocycles. The van der Waals surface area contributed by atoms with Crippen molar-refractivity contribution >= 4 is 17.3 Å². The second-order valence-corrected chi connectivity index (χ2v) is 7.85. The molecule has 0 atom stereocenters. The summed E-state index contributed by atoms with van der Waals surface area (Å²) in [6.07, 6.45) is 7.37. The number of Topliss-reactive ketones (excluding diaryl/α,β-unsaturated/α-hetero) is 1. The number of aryl methyl sites for hydroxylation is 1. The van der Waals surface area contributed by atoms with Gasteiger partial charge in [0.15, 0.2) is 11.6 Å². The molecule has 1 aromatic heterocycles. The van der Waals surface area contributed by atoms with Gasteiger partial charge < -0.3 is 10.3 Å². The predicted molar refractivity (Wildman–Crippen MR) is 124 cm³/mol. The molecule has 1 aliphatic rings. The number of hydrogen-bond acceptors (Lipinski definition) is 3. The van der Waals surface area contributed by atoms with Crippen LogP contribution in [0.15, 0.2) is 84.5 Å². The van der Waals surface area contributed by atoms with E-state index in [1.54, 1.807) is 30.3 Å². The number of benzene rings is 2. The van der Waals surface area contributed by atoms with Gasteiger partial charge in [0.2, 0.25) is 0 Å². The lowest BCUT2D eigenvalue weighted by Crippen LogP contribution is -2.13. The second-order valence-electron chi connectivity index (χ2n) is 7.85. The maximum atomic E-state index is 13.4. The Morgan fingerprint density at radius 2 is 1.48 bits per heavy atom. The topological polar surface area (TPSA) is 65.1 Å². The summed E-state index contributed by atoms with van der Waals surface area (Å²) in [5.41, 5.74) is 11.8. The van der Waals surface area contributed by atoms with Crippen LogP contribution in [0, 0.1) is 0 Å². The van der Waals surface area contributed by atoms with Gasteiger partial charge in [0, 0.05) is 29.4 Å². The molecule has 156 valence electrons. The molecule has 0 saturated heterocycles. The van der Waals surface area contributed by atoms with Crippen LogP contribution in [0.25, 0.3) is 5.70 Å². The molecule has 4 heteroatoms. The molecule has 0 spiro atoms. The molecule has 1 heterocycles. The molecule has 31 heavy (non-hydrogen) atoms. The van der Waals surface area contributed by atoms with Crippen molar-refractivity contribution in [3.8, 4) is 0 Å². The number of nitrogens with zero attached hydrogens (tertiary/aromatic N) is 1. The fourth-order valence-electron chi connectivity index (χ4n) is 4.15. The van der Waals surface area contributed by atoms with Gasteiger partial charge in [-0.3, -0.25) is 9.59 Å². The number of carbonyl (C=O) groups excluding carboxylic acids is 2. The molecule has 0 saturated carbocycles. The minimum Gasteiger partial charge on any atom is -0.396 e. The van der Waals surface area contributed by atoms with Crippen LogP contribution in [0.5, 0.6) is 0 Å². The summed E-state index contributed by atoms with van der Waals surface area (Å²) < 4.78 is 2.09. The van der Waals surface area contributed by atoms with Gasteiger partial charge in [0.25, 0.3) is 0 Å². The van der Waals surface area contributed by atoms with E-state index in [4.69, 9.17) is 5.73 Å². The number of nitrogens with two attached hydrogens (primary N) is 1. The SMILES string of the molecule is Cn1c(/C(N)=C(\C=C\C(=O)c2ccccc2)C(=O)c2ccccc2)cc2c1CCCC2. The highest BCUT2D eigenvalue weighted by Crippen LogP contribution is 2.28. The zero-order valence-corrected chi connectivity index (χ0v) is 17.7. The number of fused-ring (bicyclic) bond motifs is 1. The van der Waals surface area contributed by atoms with E-state index in [-0.39, 0.29) is 11.6 Å². The largest absolute Gasteiger partial charge is 0.396 e. The van der Waals surface area contributed by atoms with Crippen LogP contribution < -0.4 is 5.73 Å². The third-order valence-corrected chi connectivity index (χ3v) is 5.86. The van der Waals surface area contributed by atoms with Crippen molar-refractivity contribution in [2.24, 2.45) is 12.8 Å². The van der Waals surface area contributed by atoms with Gasteiger partial charge >= 0.3 is 0 Å². The Morgan fingerprint density at radius 1 is 0.871 bits per heavy atom. The molecule has 4 rings (SSSR count).